The van der Waals surface area contributed by atoms with Gasteiger partial charge in [0.15, 0.2) is 5.60 Å². The highest BCUT2D eigenvalue weighted by Crippen LogP contribution is 2.38. The molecule has 0 radical (unpaired) electrons. The average Bonchev–Trinajstić information content (AvgIpc) is 3.42. The van der Waals surface area contributed by atoms with E-state index in [1.54, 1.807) is 0 Å². The smallest absolute Gasteiger partial charge is 0.173 e. The fraction of sp³-hybridized carbons (Fsp3) is 0.259. The number of furan rings is 2. The van der Waals surface area contributed by atoms with Gasteiger partial charge in [-0.2, -0.15) is 0 Å². The maximum atomic E-state index is 11.9. The summed E-state index contributed by atoms with van der Waals surface area (Å²) < 4.78 is 12.1. The van der Waals surface area contributed by atoms with Gasteiger partial charge in [-0.05, 0) is 55.2 Å². The SMILES string of the molecule is Cc1ccc(CN(Cc2ccc(C(O)(c3ccccc3)c3ccccc3)o2)C2CC2)o1. The van der Waals surface area contributed by atoms with Crippen LogP contribution in [0.25, 0.3) is 0 Å². The monoisotopic (exact) mass is 413 g/mol. The van der Waals surface area contributed by atoms with E-state index >= 15 is 0 Å². The van der Waals surface area contributed by atoms with E-state index < -0.39 is 5.60 Å². The van der Waals surface area contributed by atoms with Crippen LogP contribution in [0.1, 0.15) is 47.0 Å². The molecule has 0 saturated heterocycles. The van der Waals surface area contributed by atoms with Gasteiger partial charge in [-0.3, -0.25) is 4.90 Å². The zero-order chi connectivity index (χ0) is 21.3. The van der Waals surface area contributed by atoms with Crippen LogP contribution in [0.3, 0.4) is 0 Å². The molecule has 2 aromatic heterocycles. The van der Waals surface area contributed by atoms with Crippen molar-refractivity contribution < 1.29 is 13.9 Å². The van der Waals surface area contributed by atoms with Crippen molar-refractivity contribution in [1.29, 1.82) is 0 Å². The molecule has 0 amide bonds. The molecule has 4 nitrogen and oxygen atoms in total. The van der Waals surface area contributed by atoms with Crippen molar-refractivity contribution >= 4 is 0 Å². The minimum absolute atomic E-state index is 0.532. The van der Waals surface area contributed by atoms with Crippen molar-refractivity contribution in [3.63, 3.8) is 0 Å². The van der Waals surface area contributed by atoms with Crippen molar-refractivity contribution in [3.05, 3.63) is 119 Å². The van der Waals surface area contributed by atoms with E-state index in [0.717, 1.165) is 35.0 Å². The van der Waals surface area contributed by atoms with Gasteiger partial charge in [-0.25, -0.2) is 0 Å². The predicted molar refractivity (Wildman–Crippen MR) is 119 cm³/mol. The van der Waals surface area contributed by atoms with Crippen molar-refractivity contribution in [1.82, 2.24) is 4.90 Å². The highest BCUT2D eigenvalue weighted by Gasteiger charge is 2.37. The quantitative estimate of drug-likeness (QED) is 0.407. The molecule has 1 fully saturated rings. The van der Waals surface area contributed by atoms with Crippen LogP contribution < -0.4 is 0 Å². The molecule has 0 unspecified atom stereocenters. The standard InChI is InChI=1S/C27H27NO3/c1-20-12-15-24(30-20)18-28(23-13-14-23)19-25-16-17-26(31-25)27(29,21-8-4-2-5-9-21)22-10-6-3-7-11-22/h2-12,15-17,23,29H,13-14,18-19H2,1H3. The van der Waals surface area contributed by atoms with Gasteiger partial charge in [0.25, 0.3) is 0 Å². The van der Waals surface area contributed by atoms with Crippen LogP contribution in [0.4, 0.5) is 0 Å². The molecule has 31 heavy (non-hydrogen) atoms. The summed E-state index contributed by atoms with van der Waals surface area (Å²) in [4.78, 5) is 2.39. The summed E-state index contributed by atoms with van der Waals surface area (Å²) in [5.41, 5.74) is 0.225. The molecule has 158 valence electrons. The summed E-state index contributed by atoms with van der Waals surface area (Å²) >= 11 is 0. The summed E-state index contributed by atoms with van der Waals surface area (Å²) in [5, 5.41) is 11.9. The second-order valence-electron chi connectivity index (χ2n) is 8.36. The third-order valence-electron chi connectivity index (χ3n) is 5.98. The third kappa shape index (κ3) is 4.09. The van der Waals surface area contributed by atoms with Crippen LogP contribution in [0.2, 0.25) is 0 Å². The van der Waals surface area contributed by atoms with Gasteiger partial charge in [0.1, 0.15) is 23.0 Å². The molecule has 0 spiro atoms. The Morgan fingerprint density at radius 3 is 1.84 bits per heavy atom. The lowest BCUT2D eigenvalue weighted by Crippen LogP contribution is -2.28. The Labute approximate surface area is 182 Å². The van der Waals surface area contributed by atoms with Crippen LogP contribution in [-0.4, -0.2) is 16.0 Å². The minimum atomic E-state index is -1.34. The summed E-state index contributed by atoms with van der Waals surface area (Å²) in [6.07, 6.45) is 2.40. The van der Waals surface area contributed by atoms with E-state index in [-0.39, 0.29) is 0 Å². The van der Waals surface area contributed by atoms with E-state index in [1.165, 1.54) is 12.8 Å². The molecule has 4 heteroatoms. The van der Waals surface area contributed by atoms with E-state index in [0.29, 0.717) is 18.3 Å². The molecule has 1 aliphatic rings. The lowest BCUT2D eigenvalue weighted by atomic mass is 9.84. The number of nitrogens with zero attached hydrogens (tertiary/aromatic N) is 1. The highest BCUT2D eigenvalue weighted by atomic mass is 16.4. The van der Waals surface area contributed by atoms with Gasteiger partial charge in [0.05, 0.1) is 13.1 Å². The molecular formula is C27H27NO3. The Balaban J connectivity index is 1.44. The zero-order valence-electron chi connectivity index (χ0n) is 17.7. The molecule has 2 heterocycles. The molecule has 0 atom stereocenters. The fourth-order valence-electron chi connectivity index (χ4n) is 4.19. The van der Waals surface area contributed by atoms with Crippen LogP contribution in [-0.2, 0) is 18.7 Å². The lowest BCUT2D eigenvalue weighted by molar-refractivity contribution is 0.0947. The maximum Gasteiger partial charge on any atom is 0.173 e. The molecule has 5 rings (SSSR count). The largest absolute Gasteiger partial charge is 0.465 e. The molecule has 1 saturated carbocycles. The Bertz CT molecular complexity index is 1090. The van der Waals surface area contributed by atoms with Gasteiger partial charge in [-0.1, -0.05) is 60.7 Å². The number of aryl methyl sites for hydroxylation is 1. The first-order chi connectivity index (χ1) is 15.1. The molecule has 1 aliphatic carbocycles. The van der Waals surface area contributed by atoms with Crippen molar-refractivity contribution in [3.8, 4) is 0 Å². The van der Waals surface area contributed by atoms with Crippen LogP contribution in [0, 0.1) is 6.92 Å². The molecule has 2 aromatic carbocycles. The molecule has 0 bridgehead atoms. The number of rotatable bonds is 8. The predicted octanol–water partition coefficient (Wildman–Crippen LogP) is 5.63. The summed E-state index contributed by atoms with van der Waals surface area (Å²) in [5.74, 6) is 3.28. The Kier molecular flexibility index (Phi) is 5.26. The normalized spacial score (nSPS) is 14.3. The van der Waals surface area contributed by atoms with Gasteiger partial charge < -0.3 is 13.9 Å². The molecule has 1 N–H and O–H groups in total. The van der Waals surface area contributed by atoms with E-state index in [2.05, 4.69) is 4.90 Å². The highest BCUT2D eigenvalue weighted by molar-refractivity contribution is 5.43. The maximum absolute atomic E-state index is 11.9. The van der Waals surface area contributed by atoms with Crippen molar-refractivity contribution in [2.24, 2.45) is 0 Å². The number of hydrogen-bond acceptors (Lipinski definition) is 4. The summed E-state index contributed by atoms with van der Waals surface area (Å²) in [6.45, 7) is 3.41. The minimum Gasteiger partial charge on any atom is -0.465 e. The van der Waals surface area contributed by atoms with E-state index in [9.17, 15) is 5.11 Å². The average molecular weight is 414 g/mol. The Hall–Kier alpha value is -3.08. The first kappa shape index (κ1) is 19.9. The molecular weight excluding hydrogens is 386 g/mol. The first-order valence-corrected chi connectivity index (χ1v) is 10.8. The van der Waals surface area contributed by atoms with Gasteiger partial charge in [0.2, 0.25) is 0 Å². The Morgan fingerprint density at radius 2 is 1.32 bits per heavy atom. The number of hydrogen-bond donors (Lipinski definition) is 1. The van der Waals surface area contributed by atoms with Gasteiger partial charge in [-0.15, -0.1) is 0 Å². The second kappa shape index (κ2) is 8.22. The Morgan fingerprint density at radius 1 is 0.774 bits per heavy atom. The van der Waals surface area contributed by atoms with E-state index in [1.807, 2.05) is 91.9 Å². The van der Waals surface area contributed by atoms with E-state index in [4.69, 9.17) is 8.83 Å². The topological polar surface area (TPSA) is 49.8 Å². The lowest BCUT2D eigenvalue weighted by Gasteiger charge is -2.27. The third-order valence-corrected chi connectivity index (χ3v) is 5.98. The van der Waals surface area contributed by atoms with Crippen molar-refractivity contribution in [2.75, 3.05) is 0 Å². The zero-order valence-corrected chi connectivity index (χ0v) is 17.7. The number of benzene rings is 2. The number of aliphatic hydroxyl groups is 1. The van der Waals surface area contributed by atoms with Crippen LogP contribution >= 0.6 is 0 Å². The molecule has 0 aliphatic heterocycles. The first-order valence-electron chi connectivity index (χ1n) is 10.8. The summed E-state index contributed by atoms with van der Waals surface area (Å²) in [7, 11) is 0. The summed E-state index contributed by atoms with van der Waals surface area (Å²) in [6, 6.07) is 27.9. The molecule has 4 aromatic rings. The van der Waals surface area contributed by atoms with Crippen molar-refractivity contribution in [2.45, 2.75) is 44.5 Å². The van der Waals surface area contributed by atoms with Crippen LogP contribution in [0.15, 0.2) is 93.8 Å². The fourth-order valence-corrected chi connectivity index (χ4v) is 4.19. The van der Waals surface area contributed by atoms with Gasteiger partial charge in [0, 0.05) is 6.04 Å². The second-order valence-corrected chi connectivity index (χ2v) is 8.36. The van der Waals surface area contributed by atoms with Crippen LogP contribution in [0.5, 0.6) is 0 Å². The van der Waals surface area contributed by atoms with Gasteiger partial charge >= 0.3 is 0 Å².